The molecule has 0 atom stereocenters. The van der Waals surface area contributed by atoms with Crippen molar-refractivity contribution in [3.05, 3.63) is 47.9 Å². The molecule has 0 bridgehead atoms. The Morgan fingerprint density at radius 3 is 2.28 bits per heavy atom. The first-order valence-corrected chi connectivity index (χ1v) is 8.39. The number of anilines is 1. The summed E-state index contributed by atoms with van der Waals surface area (Å²) < 4.78 is 59.6. The van der Waals surface area contributed by atoms with Crippen LogP contribution in [0.1, 0.15) is 11.5 Å². The number of ether oxygens (including phenoxy) is 3. The van der Waals surface area contributed by atoms with E-state index in [1.54, 1.807) is 12.1 Å². The van der Waals surface area contributed by atoms with Gasteiger partial charge in [-0.15, -0.1) is 0 Å². The molecule has 0 fully saturated rings. The van der Waals surface area contributed by atoms with Gasteiger partial charge >= 0.3 is 6.18 Å². The zero-order valence-electron chi connectivity index (χ0n) is 15.8. The van der Waals surface area contributed by atoms with Gasteiger partial charge in [0.25, 0.3) is 0 Å². The maximum absolute atomic E-state index is 12.9. The lowest BCUT2D eigenvalue weighted by Gasteiger charge is -2.14. The second kappa shape index (κ2) is 8.29. The Morgan fingerprint density at radius 1 is 1.00 bits per heavy atom. The second-order valence-electron chi connectivity index (χ2n) is 5.86. The number of hydrogen-bond acceptors (Lipinski definition) is 7. The molecule has 0 saturated carbocycles. The minimum atomic E-state index is -4.45. The second-order valence-corrected chi connectivity index (χ2v) is 5.86. The van der Waals surface area contributed by atoms with Gasteiger partial charge < -0.3 is 24.1 Å². The summed E-state index contributed by atoms with van der Waals surface area (Å²) in [6, 6.07) is 8.13. The van der Waals surface area contributed by atoms with Gasteiger partial charge in [0.05, 0.1) is 33.4 Å². The van der Waals surface area contributed by atoms with Gasteiger partial charge in [-0.3, -0.25) is 0 Å². The summed E-state index contributed by atoms with van der Waals surface area (Å²) in [6.45, 7) is 0.143. The van der Waals surface area contributed by atoms with Crippen molar-refractivity contribution in [3.63, 3.8) is 0 Å². The Kier molecular flexibility index (Phi) is 5.81. The third kappa shape index (κ3) is 4.53. The molecule has 1 aromatic heterocycles. The highest BCUT2D eigenvalue weighted by Gasteiger charge is 2.30. The van der Waals surface area contributed by atoms with E-state index >= 15 is 0 Å². The molecule has 0 aliphatic rings. The molecule has 0 saturated heterocycles. The van der Waals surface area contributed by atoms with Gasteiger partial charge in [0.2, 0.25) is 17.5 Å². The summed E-state index contributed by atoms with van der Waals surface area (Å²) in [5.74, 6) is 1.64. The summed E-state index contributed by atoms with van der Waals surface area (Å²) >= 11 is 0. The molecule has 0 unspecified atom stereocenters. The van der Waals surface area contributed by atoms with Crippen LogP contribution in [0, 0.1) is 0 Å². The summed E-state index contributed by atoms with van der Waals surface area (Å²) in [5, 5.41) is 6.82. The molecular formula is C19H18F3N3O4. The van der Waals surface area contributed by atoms with Crippen molar-refractivity contribution in [3.8, 4) is 28.6 Å². The Bertz CT molecular complexity index is 964. The number of hydrogen-bond donors (Lipinski definition) is 1. The zero-order valence-corrected chi connectivity index (χ0v) is 15.8. The lowest BCUT2D eigenvalue weighted by molar-refractivity contribution is -0.137. The largest absolute Gasteiger partial charge is 0.493 e. The first kappa shape index (κ1) is 20.3. The normalized spacial score (nSPS) is 11.2. The highest BCUT2D eigenvalue weighted by atomic mass is 19.4. The quantitative estimate of drug-likeness (QED) is 0.620. The number of nitrogens with one attached hydrogen (secondary N) is 1. The fourth-order valence-electron chi connectivity index (χ4n) is 2.64. The van der Waals surface area contributed by atoms with Gasteiger partial charge in [-0.2, -0.15) is 18.2 Å². The van der Waals surface area contributed by atoms with E-state index in [0.29, 0.717) is 22.9 Å². The zero-order chi connectivity index (χ0) is 21.0. The molecule has 0 spiro atoms. The standard InChI is InChI=1S/C19H18F3N3O4/c1-26-14-8-13(9-15(27-2)17(14)28-3)23-10-16-24-18(25-29-16)11-5-4-6-12(7-11)19(20,21)22/h4-9,23H,10H2,1-3H3. The van der Waals surface area contributed by atoms with Crippen LogP contribution in [-0.4, -0.2) is 31.5 Å². The Hall–Kier alpha value is -3.43. The first-order chi connectivity index (χ1) is 13.9. The predicted octanol–water partition coefficient (Wildman–Crippen LogP) is 4.39. The van der Waals surface area contributed by atoms with E-state index in [4.69, 9.17) is 18.7 Å². The van der Waals surface area contributed by atoms with Gasteiger partial charge in [-0.25, -0.2) is 0 Å². The SMILES string of the molecule is COc1cc(NCc2nc(-c3cccc(C(F)(F)F)c3)no2)cc(OC)c1OC. The number of aromatic nitrogens is 2. The van der Waals surface area contributed by atoms with Crippen LogP contribution >= 0.6 is 0 Å². The molecule has 0 radical (unpaired) electrons. The fraction of sp³-hybridized carbons (Fsp3) is 0.263. The van der Waals surface area contributed by atoms with E-state index in [1.807, 2.05) is 0 Å². The van der Waals surface area contributed by atoms with Crippen LogP contribution in [0.5, 0.6) is 17.2 Å². The minimum Gasteiger partial charge on any atom is -0.493 e. The summed E-state index contributed by atoms with van der Waals surface area (Å²) in [4.78, 5) is 4.14. The van der Waals surface area contributed by atoms with Gasteiger partial charge in [0, 0.05) is 23.4 Å². The average molecular weight is 409 g/mol. The lowest BCUT2D eigenvalue weighted by atomic mass is 10.1. The van der Waals surface area contributed by atoms with Crippen LogP contribution < -0.4 is 19.5 Å². The minimum absolute atomic E-state index is 0.0674. The number of benzene rings is 2. The Morgan fingerprint density at radius 2 is 1.69 bits per heavy atom. The van der Waals surface area contributed by atoms with E-state index < -0.39 is 11.7 Å². The molecule has 10 heteroatoms. The molecule has 29 heavy (non-hydrogen) atoms. The number of methoxy groups -OCH3 is 3. The third-order valence-corrected chi connectivity index (χ3v) is 4.02. The van der Waals surface area contributed by atoms with Crippen molar-refractivity contribution in [1.29, 1.82) is 0 Å². The van der Waals surface area contributed by atoms with Crippen LogP contribution in [0.3, 0.4) is 0 Å². The monoisotopic (exact) mass is 409 g/mol. The van der Waals surface area contributed by atoms with Crippen LogP contribution in [-0.2, 0) is 12.7 Å². The van der Waals surface area contributed by atoms with E-state index in [0.717, 1.165) is 12.1 Å². The molecular weight excluding hydrogens is 391 g/mol. The van der Waals surface area contributed by atoms with Crippen LogP contribution in [0.4, 0.5) is 18.9 Å². The summed E-state index contributed by atoms with van der Waals surface area (Å²) in [5.41, 5.74) is 0.0674. The van der Waals surface area contributed by atoms with Crippen molar-refractivity contribution in [2.75, 3.05) is 26.6 Å². The van der Waals surface area contributed by atoms with Crippen molar-refractivity contribution in [2.24, 2.45) is 0 Å². The van der Waals surface area contributed by atoms with Gasteiger partial charge in [0.1, 0.15) is 0 Å². The number of rotatable bonds is 7. The van der Waals surface area contributed by atoms with Gasteiger partial charge in [-0.05, 0) is 12.1 Å². The Balaban J connectivity index is 1.76. The number of nitrogens with zero attached hydrogens (tertiary/aromatic N) is 2. The lowest BCUT2D eigenvalue weighted by Crippen LogP contribution is -2.04. The van der Waals surface area contributed by atoms with E-state index in [-0.39, 0.29) is 23.8 Å². The highest BCUT2D eigenvalue weighted by Crippen LogP contribution is 2.40. The van der Waals surface area contributed by atoms with Crippen molar-refractivity contribution < 1.29 is 31.9 Å². The Labute approximate surface area is 164 Å². The predicted molar refractivity (Wildman–Crippen MR) is 98.2 cm³/mol. The van der Waals surface area contributed by atoms with Crippen molar-refractivity contribution >= 4 is 5.69 Å². The van der Waals surface area contributed by atoms with Crippen LogP contribution in [0.25, 0.3) is 11.4 Å². The van der Waals surface area contributed by atoms with Crippen LogP contribution in [0.2, 0.25) is 0 Å². The first-order valence-electron chi connectivity index (χ1n) is 8.39. The molecule has 1 heterocycles. The molecule has 0 amide bonds. The molecule has 7 nitrogen and oxygen atoms in total. The molecule has 0 aliphatic heterocycles. The highest BCUT2D eigenvalue weighted by molar-refractivity contribution is 5.62. The topological polar surface area (TPSA) is 78.6 Å². The molecule has 154 valence electrons. The fourth-order valence-corrected chi connectivity index (χ4v) is 2.64. The molecule has 3 rings (SSSR count). The van der Waals surface area contributed by atoms with E-state index in [1.165, 1.54) is 33.5 Å². The van der Waals surface area contributed by atoms with Crippen LogP contribution in [0.15, 0.2) is 40.9 Å². The molecule has 3 aromatic rings. The van der Waals surface area contributed by atoms with Gasteiger partial charge in [0.15, 0.2) is 11.5 Å². The average Bonchev–Trinajstić information content (AvgIpc) is 3.20. The maximum Gasteiger partial charge on any atom is 0.416 e. The van der Waals surface area contributed by atoms with Crippen molar-refractivity contribution in [1.82, 2.24) is 10.1 Å². The number of alkyl halides is 3. The van der Waals surface area contributed by atoms with E-state index in [2.05, 4.69) is 15.5 Å². The smallest absolute Gasteiger partial charge is 0.416 e. The maximum atomic E-state index is 12.9. The van der Waals surface area contributed by atoms with Gasteiger partial charge in [-0.1, -0.05) is 17.3 Å². The third-order valence-electron chi connectivity index (χ3n) is 4.02. The molecule has 1 N–H and O–H groups in total. The molecule has 2 aromatic carbocycles. The molecule has 0 aliphatic carbocycles. The summed E-state index contributed by atoms with van der Waals surface area (Å²) in [6.07, 6.45) is -4.45. The summed E-state index contributed by atoms with van der Waals surface area (Å²) in [7, 11) is 4.50. The number of halogens is 3. The van der Waals surface area contributed by atoms with E-state index in [9.17, 15) is 13.2 Å². The van der Waals surface area contributed by atoms with Crippen molar-refractivity contribution in [2.45, 2.75) is 12.7 Å².